The Balaban J connectivity index is 1.97. The molecule has 8 heteroatoms. The van der Waals surface area contributed by atoms with E-state index in [-0.39, 0.29) is 17.1 Å². The van der Waals surface area contributed by atoms with Crippen molar-refractivity contribution in [1.82, 2.24) is 4.57 Å². The van der Waals surface area contributed by atoms with Crippen molar-refractivity contribution in [3.05, 3.63) is 64.2 Å². The second kappa shape index (κ2) is 7.21. The van der Waals surface area contributed by atoms with E-state index in [4.69, 9.17) is 5.73 Å². The fraction of sp³-hybridized carbons (Fsp3) is 0.238. The molecule has 4 N–H and O–H groups in total. The molecule has 1 fully saturated rings. The summed E-state index contributed by atoms with van der Waals surface area (Å²) in [5.74, 6) is -1.64. The van der Waals surface area contributed by atoms with Crippen molar-refractivity contribution in [2.45, 2.75) is 6.42 Å². The summed E-state index contributed by atoms with van der Waals surface area (Å²) in [6, 6.07) is 8.77. The van der Waals surface area contributed by atoms with Crippen molar-refractivity contribution in [2.75, 3.05) is 24.5 Å². The standard InChI is InChI=1S/C21H20FN3O4/c22-17-7-15-18(8-19(17)24-6-5-12(9-23)10-24)25(11-16(20(15)27)21(28)29)13-1-3-14(26)4-2-13/h1-4,7-8,11-12,26H,5-6,9-10,23H2,(H,28,29). The number of hydrogen-bond donors (Lipinski definition) is 3. The molecule has 4 rings (SSSR count). The lowest BCUT2D eigenvalue weighted by atomic mass is 10.1. The summed E-state index contributed by atoms with van der Waals surface area (Å²) in [5, 5.41) is 19.0. The first-order valence-corrected chi connectivity index (χ1v) is 9.25. The largest absolute Gasteiger partial charge is 0.508 e. The van der Waals surface area contributed by atoms with Gasteiger partial charge in [0.15, 0.2) is 0 Å². The Labute approximate surface area is 165 Å². The second-order valence-corrected chi connectivity index (χ2v) is 7.22. The number of anilines is 1. The Morgan fingerprint density at radius 2 is 1.97 bits per heavy atom. The zero-order chi connectivity index (χ0) is 20.7. The van der Waals surface area contributed by atoms with Crippen LogP contribution in [0, 0.1) is 11.7 Å². The molecule has 1 unspecified atom stereocenters. The molecule has 1 atom stereocenters. The fourth-order valence-corrected chi connectivity index (χ4v) is 3.80. The van der Waals surface area contributed by atoms with E-state index in [1.807, 2.05) is 4.90 Å². The fourth-order valence-electron chi connectivity index (χ4n) is 3.80. The highest BCUT2D eigenvalue weighted by molar-refractivity contribution is 5.94. The van der Waals surface area contributed by atoms with Crippen molar-refractivity contribution in [3.63, 3.8) is 0 Å². The molecular formula is C21H20FN3O4. The Morgan fingerprint density at radius 1 is 1.24 bits per heavy atom. The number of nitrogens with two attached hydrogens (primary N) is 1. The average molecular weight is 397 g/mol. The first-order valence-electron chi connectivity index (χ1n) is 9.25. The molecule has 2 heterocycles. The van der Waals surface area contributed by atoms with Crippen LogP contribution < -0.4 is 16.1 Å². The van der Waals surface area contributed by atoms with Crippen LogP contribution in [0.5, 0.6) is 5.75 Å². The number of benzene rings is 2. The van der Waals surface area contributed by atoms with Gasteiger partial charge in [0.1, 0.15) is 17.1 Å². The number of aromatic nitrogens is 1. The van der Waals surface area contributed by atoms with Gasteiger partial charge in [-0.3, -0.25) is 4.79 Å². The molecule has 150 valence electrons. The number of phenolic OH excluding ortho intramolecular Hbond substituents is 1. The van der Waals surface area contributed by atoms with E-state index in [2.05, 4.69) is 0 Å². The van der Waals surface area contributed by atoms with E-state index >= 15 is 0 Å². The smallest absolute Gasteiger partial charge is 0.341 e. The topological polar surface area (TPSA) is 109 Å². The summed E-state index contributed by atoms with van der Waals surface area (Å²) in [4.78, 5) is 26.1. The van der Waals surface area contributed by atoms with Gasteiger partial charge in [0.25, 0.3) is 0 Å². The molecule has 0 radical (unpaired) electrons. The van der Waals surface area contributed by atoms with Crippen molar-refractivity contribution >= 4 is 22.6 Å². The van der Waals surface area contributed by atoms with Gasteiger partial charge in [-0.05, 0) is 55.3 Å². The Morgan fingerprint density at radius 3 is 2.59 bits per heavy atom. The molecule has 29 heavy (non-hydrogen) atoms. The number of aromatic hydroxyl groups is 1. The summed E-state index contributed by atoms with van der Waals surface area (Å²) in [6.07, 6.45) is 2.09. The van der Waals surface area contributed by atoms with Gasteiger partial charge in [0.05, 0.1) is 11.2 Å². The van der Waals surface area contributed by atoms with Crippen molar-refractivity contribution in [1.29, 1.82) is 0 Å². The number of fused-ring (bicyclic) bond motifs is 1. The zero-order valence-electron chi connectivity index (χ0n) is 15.5. The predicted molar refractivity (Wildman–Crippen MR) is 108 cm³/mol. The molecule has 0 saturated carbocycles. The van der Waals surface area contributed by atoms with Crippen LogP contribution in [0.4, 0.5) is 10.1 Å². The minimum Gasteiger partial charge on any atom is -0.508 e. The molecule has 2 aromatic carbocycles. The average Bonchev–Trinajstić information content (AvgIpc) is 3.18. The lowest BCUT2D eigenvalue weighted by Crippen LogP contribution is -2.24. The van der Waals surface area contributed by atoms with Crippen LogP contribution in [0.2, 0.25) is 0 Å². The van der Waals surface area contributed by atoms with Crippen molar-refractivity contribution in [2.24, 2.45) is 11.7 Å². The molecule has 3 aromatic rings. The van der Waals surface area contributed by atoms with Gasteiger partial charge in [-0.25, -0.2) is 9.18 Å². The van der Waals surface area contributed by atoms with E-state index < -0.39 is 22.8 Å². The summed E-state index contributed by atoms with van der Waals surface area (Å²) in [6.45, 7) is 1.79. The van der Waals surface area contributed by atoms with Crippen LogP contribution >= 0.6 is 0 Å². The summed E-state index contributed by atoms with van der Waals surface area (Å²) in [7, 11) is 0. The quantitative estimate of drug-likeness (QED) is 0.623. The third-order valence-corrected chi connectivity index (χ3v) is 5.39. The molecule has 1 aliphatic heterocycles. The molecule has 1 aromatic heterocycles. The molecular weight excluding hydrogens is 377 g/mol. The van der Waals surface area contributed by atoms with E-state index in [0.29, 0.717) is 36.5 Å². The Bertz CT molecular complexity index is 1160. The molecule has 7 nitrogen and oxygen atoms in total. The highest BCUT2D eigenvalue weighted by Gasteiger charge is 2.25. The normalized spacial score (nSPS) is 16.5. The van der Waals surface area contributed by atoms with Gasteiger partial charge >= 0.3 is 5.97 Å². The number of nitrogens with zero attached hydrogens (tertiary/aromatic N) is 2. The maximum Gasteiger partial charge on any atom is 0.341 e. The van der Waals surface area contributed by atoms with Gasteiger partial charge in [0, 0.05) is 30.4 Å². The molecule has 1 aliphatic rings. The Kier molecular flexibility index (Phi) is 4.71. The van der Waals surface area contributed by atoms with E-state index in [0.717, 1.165) is 12.5 Å². The number of hydrogen-bond acceptors (Lipinski definition) is 5. The monoisotopic (exact) mass is 397 g/mol. The maximum absolute atomic E-state index is 14.9. The minimum atomic E-state index is -1.39. The lowest BCUT2D eigenvalue weighted by Gasteiger charge is -2.21. The number of aromatic carboxylic acids is 1. The number of pyridine rings is 1. The summed E-state index contributed by atoms with van der Waals surface area (Å²) in [5.41, 5.74) is 5.81. The SMILES string of the molecule is NCC1CCN(c2cc3c(cc2F)c(=O)c(C(=O)O)cn3-c2ccc(O)cc2)C1. The third-order valence-electron chi connectivity index (χ3n) is 5.39. The van der Waals surface area contributed by atoms with E-state index in [1.165, 1.54) is 22.9 Å². The van der Waals surface area contributed by atoms with Gasteiger partial charge in [0.2, 0.25) is 5.43 Å². The van der Waals surface area contributed by atoms with Crippen LogP contribution in [0.3, 0.4) is 0 Å². The molecule has 1 saturated heterocycles. The minimum absolute atomic E-state index is 0.0196. The summed E-state index contributed by atoms with van der Waals surface area (Å²) < 4.78 is 16.4. The van der Waals surface area contributed by atoms with Gasteiger partial charge in [-0.15, -0.1) is 0 Å². The van der Waals surface area contributed by atoms with Crippen LogP contribution in [0.15, 0.2) is 47.4 Å². The third kappa shape index (κ3) is 3.31. The lowest BCUT2D eigenvalue weighted by molar-refractivity contribution is 0.0695. The zero-order valence-corrected chi connectivity index (χ0v) is 15.5. The number of carbonyl (C=O) groups is 1. The number of rotatable bonds is 4. The van der Waals surface area contributed by atoms with Crippen LogP contribution in [-0.4, -0.2) is 40.4 Å². The van der Waals surface area contributed by atoms with Crippen LogP contribution in [-0.2, 0) is 0 Å². The van der Waals surface area contributed by atoms with Crippen molar-refractivity contribution < 1.29 is 19.4 Å². The first-order chi connectivity index (χ1) is 13.9. The molecule has 0 bridgehead atoms. The summed E-state index contributed by atoms with van der Waals surface area (Å²) >= 11 is 0. The first kappa shape index (κ1) is 18.9. The molecule has 0 aliphatic carbocycles. The van der Waals surface area contributed by atoms with Crippen LogP contribution in [0.1, 0.15) is 16.8 Å². The van der Waals surface area contributed by atoms with Crippen molar-refractivity contribution in [3.8, 4) is 11.4 Å². The number of phenols is 1. The molecule has 0 amide bonds. The number of carboxylic acids is 1. The predicted octanol–water partition coefficient (Wildman–Crippen LogP) is 2.32. The number of halogens is 1. The van der Waals surface area contributed by atoms with Crippen LogP contribution in [0.25, 0.3) is 16.6 Å². The van der Waals surface area contributed by atoms with Gasteiger partial charge < -0.3 is 25.4 Å². The Hall–Kier alpha value is -3.39. The maximum atomic E-state index is 14.9. The highest BCUT2D eigenvalue weighted by atomic mass is 19.1. The molecule has 0 spiro atoms. The second-order valence-electron chi connectivity index (χ2n) is 7.22. The highest BCUT2D eigenvalue weighted by Crippen LogP contribution is 2.30. The number of carboxylic acid groups (broad SMARTS) is 1. The van der Waals surface area contributed by atoms with Gasteiger partial charge in [-0.1, -0.05) is 0 Å². The van der Waals surface area contributed by atoms with E-state index in [1.54, 1.807) is 18.2 Å². The van der Waals surface area contributed by atoms with Gasteiger partial charge in [-0.2, -0.15) is 0 Å². The van der Waals surface area contributed by atoms with E-state index in [9.17, 15) is 24.2 Å².